The average molecular weight is 257 g/mol. The van der Waals surface area contributed by atoms with E-state index < -0.39 is 0 Å². The molecule has 0 spiro atoms. The lowest BCUT2D eigenvalue weighted by molar-refractivity contribution is 0.535. The minimum absolute atomic E-state index is 0.392. The Labute approximate surface area is 115 Å². The van der Waals surface area contributed by atoms with Crippen molar-refractivity contribution in [1.82, 2.24) is 14.9 Å². The molecular weight excluding hydrogens is 234 g/mol. The number of imidazole rings is 1. The fourth-order valence-electron chi connectivity index (χ4n) is 2.46. The molecule has 1 N–H and O–H groups in total. The normalized spacial score (nSPS) is 12.6. The van der Waals surface area contributed by atoms with Crippen LogP contribution >= 0.6 is 0 Å². The molecule has 0 aliphatic rings. The maximum atomic E-state index is 4.41. The molecule has 0 aliphatic carbocycles. The number of aryl methyl sites for hydroxylation is 1. The van der Waals surface area contributed by atoms with Crippen molar-refractivity contribution in [3.8, 4) is 5.69 Å². The van der Waals surface area contributed by atoms with E-state index in [1.807, 2.05) is 6.33 Å². The standard InChI is InChI=1S/C16H23N3/c1-5-15(17-6-2)14-9-7-8-10-16(14)19-11-18-12(3)13(19)4/h7-11,15,17H,5-6H2,1-4H3. The van der Waals surface area contributed by atoms with Crippen LogP contribution in [0.4, 0.5) is 0 Å². The molecule has 0 saturated carbocycles. The van der Waals surface area contributed by atoms with Crippen LogP contribution in [0.2, 0.25) is 0 Å². The van der Waals surface area contributed by atoms with E-state index in [0.29, 0.717) is 6.04 Å². The Morgan fingerprint density at radius 2 is 1.95 bits per heavy atom. The summed E-state index contributed by atoms with van der Waals surface area (Å²) in [6.45, 7) is 9.52. The summed E-state index contributed by atoms with van der Waals surface area (Å²) >= 11 is 0. The van der Waals surface area contributed by atoms with Crippen molar-refractivity contribution < 1.29 is 0 Å². The van der Waals surface area contributed by atoms with Crippen molar-refractivity contribution in [1.29, 1.82) is 0 Å². The molecule has 0 radical (unpaired) electrons. The molecule has 0 saturated heterocycles. The molecular formula is C16H23N3. The van der Waals surface area contributed by atoms with Gasteiger partial charge in [0.05, 0.1) is 17.7 Å². The lowest BCUT2D eigenvalue weighted by Crippen LogP contribution is -2.21. The number of nitrogens with one attached hydrogen (secondary N) is 1. The topological polar surface area (TPSA) is 29.9 Å². The SMILES string of the molecule is CCNC(CC)c1ccccc1-n1cnc(C)c1C. The van der Waals surface area contributed by atoms with Gasteiger partial charge in [0.15, 0.2) is 0 Å². The van der Waals surface area contributed by atoms with Crippen molar-refractivity contribution in [3.63, 3.8) is 0 Å². The molecule has 0 fully saturated rings. The van der Waals surface area contributed by atoms with Crippen molar-refractivity contribution in [2.45, 2.75) is 40.2 Å². The van der Waals surface area contributed by atoms with E-state index in [2.05, 4.69) is 66.8 Å². The lowest BCUT2D eigenvalue weighted by Gasteiger charge is -2.21. The van der Waals surface area contributed by atoms with Gasteiger partial charge in [-0.2, -0.15) is 0 Å². The number of aromatic nitrogens is 2. The van der Waals surface area contributed by atoms with Crippen molar-refractivity contribution >= 4 is 0 Å². The van der Waals surface area contributed by atoms with Gasteiger partial charge in [-0.05, 0) is 38.4 Å². The van der Waals surface area contributed by atoms with Crippen LogP contribution < -0.4 is 5.32 Å². The van der Waals surface area contributed by atoms with E-state index in [1.54, 1.807) is 0 Å². The van der Waals surface area contributed by atoms with Crippen LogP contribution in [0.25, 0.3) is 5.69 Å². The van der Waals surface area contributed by atoms with Gasteiger partial charge in [0.1, 0.15) is 0 Å². The highest BCUT2D eigenvalue weighted by Crippen LogP contribution is 2.25. The number of hydrogen-bond donors (Lipinski definition) is 1. The third kappa shape index (κ3) is 2.71. The smallest absolute Gasteiger partial charge is 0.0997 e. The molecule has 3 heteroatoms. The van der Waals surface area contributed by atoms with Gasteiger partial charge in [0.25, 0.3) is 0 Å². The number of para-hydroxylation sites is 1. The quantitative estimate of drug-likeness (QED) is 0.887. The Hall–Kier alpha value is -1.61. The first kappa shape index (κ1) is 13.8. The zero-order valence-electron chi connectivity index (χ0n) is 12.3. The predicted octanol–water partition coefficient (Wildman–Crippen LogP) is 3.55. The van der Waals surface area contributed by atoms with Crippen LogP contribution in [-0.2, 0) is 0 Å². The van der Waals surface area contributed by atoms with Gasteiger partial charge in [-0.3, -0.25) is 0 Å². The summed E-state index contributed by atoms with van der Waals surface area (Å²) in [5, 5.41) is 3.55. The van der Waals surface area contributed by atoms with E-state index in [4.69, 9.17) is 0 Å². The van der Waals surface area contributed by atoms with Gasteiger partial charge in [0, 0.05) is 11.7 Å². The van der Waals surface area contributed by atoms with Crippen molar-refractivity contribution in [2.24, 2.45) is 0 Å². The summed E-state index contributed by atoms with van der Waals surface area (Å²) in [4.78, 5) is 4.41. The Bertz CT molecular complexity index is 543. The molecule has 102 valence electrons. The zero-order chi connectivity index (χ0) is 13.8. The van der Waals surface area contributed by atoms with E-state index in [1.165, 1.54) is 16.9 Å². The summed E-state index contributed by atoms with van der Waals surface area (Å²) < 4.78 is 2.19. The monoisotopic (exact) mass is 257 g/mol. The molecule has 1 aromatic heterocycles. The Balaban J connectivity index is 2.49. The first-order valence-electron chi connectivity index (χ1n) is 7.02. The molecule has 1 heterocycles. The molecule has 0 bridgehead atoms. The third-order valence-corrected chi connectivity index (χ3v) is 3.68. The van der Waals surface area contributed by atoms with E-state index in [-0.39, 0.29) is 0 Å². The third-order valence-electron chi connectivity index (χ3n) is 3.68. The lowest BCUT2D eigenvalue weighted by atomic mass is 10.0. The number of nitrogens with zero attached hydrogens (tertiary/aromatic N) is 2. The molecule has 3 nitrogen and oxygen atoms in total. The minimum atomic E-state index is 0.392. The molecule has 0 amide bonds. The highest BCUT2D eigenvalue weighted by atomic mass is 15.1. The van der Waals surface area contributed by atoms with E-state index in [9.17, 15) is 0 Å². The molecule has 2 aromatic rings. The first-order chi connectivity index (χ1) is 9.19. The Morgan fingerprint density at radius 3 is 2.53 bits per heavy atom. The summed E-state index contributed by atoms with van der Waals surface area (Å²) in [7, 11) is 0. The maximum Gasteiger partial charge on any atom is 0.0997 e. The number of benzene rings is 1. The largest absolute Gasteiger partial charge is 0.310 e. The van der Waals surface area contributed by atoms with Gasteiger partial charge in [0.2, 0.25) is 0 Å². The van der Waals surface area contributed by atoms with Crippen molar-refractivity contribution in [2.75, 3.05) is 6.54 Å². The summed E-state index contributed by atoms with van der Waals surface area (Å²) in [6, 6.07) is 8.97. The van der Waals surface area contributed by atoms with Gasteiger partial charge in [-0.15, -0.1) is 0 Å². The van der Waals surface area contributed by atoms with Crippen LogP contribution in [0.3, 0.4) is 0 Å². The average Bonchev–Trinajstić information content (AvgIpc) is 2.76. The second-order valence-corrected chi connectivity index (χ2v) is 4.86. The van der Waals surface area contributed by atoms with Gasteiger partial charge in [-0.25, -0.2) is 4.98 Å². The molecule has 19 heavy (non-hydrogen) atoms. The summed E-state index contributed by atoms with van der Waals surface area (Å²) in [5.74, 6) is 0. The van der Waals surface area contributed by atoms with Gasteiger partial charge >= 0.3 is 0 Å². The number of rotatable bonds is 5. The highest BCUT2D eigenvalue weighted by molar-refractivity contribution is 5.44. The van der Waals surface area contributed by atoms with E-state index in [0.717, 1.165) is 18.7 Å². The molecule has 1 aromatic carbocycles. The second kappa shape index (κ2) is 6.02. The Kier molecular flexibility index (Phi) is 4.38. The van der Waals surface area contributed by atoms with E-state index >= 15 is 0 Å². The second-order valence-electron chi connectivity index (χ2n) is 4.86. The van der Waals surface area contributed by atoms with Gasteiger partial charge < -0.3 is 9.88 Å². The Morgan fingerprint density at radius 1 is 1.21 bits per heavy atom. The van der Waals surface area contributed by atoms with Crippen LogP contribution in [0.15, 0.2) is 30.6 Å². The summed E-state index contributed by atoms with van der Waals surface area (Å²) in [5.41, 5.74) is 4.87. The van der Waals surface area contributed by atoms with Gasteiger partial charge in [-0.1, -0.05) is 32.0 Å². The fourth-order valence-corrected chi connectivity index (χ4v) is 2.46. The minimum Gasteiger partial charge on any atom is -0.310 e. The van der Waals surface area contributed by atoms with Crippen LogP contribution in [0.1, 0.15) is 43.3 Å². The summed E-state index contributed by atoms with van der Waals surface area (Å²) in [6.07, 6.45) is 3.00. The van der Waals surface area contributed by atoms with Crippen LogP contribution in [0.5, 0.6) is 0 Å². The van der Waals surface area contributed by atoms with Crippen LogP contribution in [0, 0.1) is 13.8 Å². The molecule has 1 unspecified atom stereocenters. The fraction of sp³-hybridized carbons (Fsp3) is 0.438. The predicted molar refractivity (Wildman–Crippen MR) is 79.7 cm³/mol. The van der Waals surface area contributed by atoms with Crippen molar-refractivity contribution in [3.05, 3.63) is 47.5 Å². The van der Waals surface area contributed by atoms with Crippen LogP contribution in [-0.4, -0.2) is 16.1 Å². The number of hydrogen-bond acceptors (Lipinski definition) is 2. The highest BCUT2D eigenvalue weighted by Gasteiger charge is 2.14. The zero-order valence-corrected chi connectivity index (χ0v) is 12.3. The first-order valence-corrected chi connectivity index (χ1v) is 7.02. The molecule has 2 rings (SSSR count). The molecule has 1 atom stereocenters. The molecule has 0 aliphatic heterocycles. The maximum absolute atomic E-state index is 4.41.